The molecule has 0 aliphatic rings. The van der Waals surface area contributed by atoms with Crippen molar-refractivity contribution in [2.45, 2.75) is 6.54 Å². The van der Waals surface area contributed by atoms with E-state index in [0.717, 1.165) is 5.56 Å². The van der Waals surface area contributed by atoms with E-state index in [1.54, 1.807) is 24.3 Å². The summed E-state index contributed by atoms with van der Waals surface area (Å²) in [5.74, 6) is 0.233. The van der Waals surface area contributed by atoms with Crippen molar-refractivity contribution >= 4 is 17.6 Å². The first-order valence-electron chi connectivity index (χ1n) is 7.80. The number of halogens is 1. The number of hydrogen-bond donors (Lipinski definition) is 3. The van der Waals surface area contributed by atoms with E-state index in [2.05, 4.69) is 16.0 Å². The molecule has 0 spiro atoms. The zero-order chi connectivity index (χ0) is 18.9. The highest BCUT2D eigenvalue weighted by Crippen LogP contribution is 2.27. The maximum atomic E-state index is 13.0. The van der Waals surface area contributed by atoms with Crippen molar-refractivity contribution in [1.29, 1.82) is 0 Å². The van der Waals surface area contributed by atoms with Crippen LogP contribution in [0, 0.1) is 5.82 Å². The molecule has 0 saturated carbocycles. The molecule has 2 rings (SSSR count). The minimum atomic E-state index is -0.505. The fraction of sp³-hybridized carbons (Fsp3) is 0.222. The molecule has 0 saturated heterocycles. The van der Waals surface area contributed by atoms with E-state index >= 15 is 0 Å². The molecule has 0 atom stereocenters. The maximum absolute atomic E-state index is 13.0. The average molecular weight is 361 g/mol. The molecule has 3 N–H and O–H groups in total. The molecule has 3 amide bonds. The number of rotatable bonds is 7. The highest BCUT2D eigenvalue weighted by molar-refractivity contribution is 5.94. The molecule has 138 valence electrons. The summed E-state index contributed by atoms with van der Waals surface area (Å²) in [5.41, 5.74) is 1.13. The van der Waals surface area contributed by atoms with Gasteiger partial charge in [0.15, 0.2) is 11.5 Å². The number of carbonyl (C=O) groups excluding carboxylic acids is 2. The molecule has 0 aliphatic heterocycles. The van der Waals surface area contributed by atoms with Gasteiger partial charge in [0.1, 0.15) is 5.82 Å². The standard InChI is InChI=1S/C18H20FN3O4/c1-25-15-7-6-12(8-16(15)26-2)10-20-18(24)21-11-17(23)22-14-5-3-4-13(19)9-14/h3-9H,10-11H2,1-2H3,(H,22,23)(H2,20,21,24). The number of hydrogen-bond acceptors (Lipinski definition) is 4. The van der Waals surface area contributed by atoms with Gasteiger partial charge in [0.05, 0.1) is 20.8 Å². The molecule has 0 aliphatic carbocycles. The monoisotopic (exact) mass is 361 g/mol. The summed E-state index contributed by atoms with van der Waals surface area (Å²) < 4.78 is 23.4. The van der Waals surface area contributed by atoms with Crippen LogP contribution in [0.5, 0.6) is 11.5 Å². The number of ether oxygens (including phenoxy) is 2. The van der Waals surface area contributed by atoms with Gasteiger partial charge in [-0.15, -0.1) is 0 Å². The van der Waals surface area contributed by atoms with Gasteiger partial charge in [-0.1, -0.05) is 12.1 Å². The molecular weight excluding hydrogens is 341 g/mol. The smallest absolute Gasteiger partial charge is 0.315 e. The van der Waals surface area contributed by atoms with E-state index in [-0.39, 0.29) is 13.1 Å². The third kappa shape index (κ3) is 5.66. The Kier molecular flexibility index (Phi) is 6.78. The number of methoxy groups -OCH3 is 2. The van der Waals surface area contributed by atoms with Crippen molar-refractivity contribution < 1.29 is 23.5 Å². The first-order chi connectivity index (χ1) is 12.5. The number of nitrogens with one attached hydrogen (secondary N) is 3. The van der Waals surface area contributed by atoms with E-state index in [1.165, 1.54) is 32.4 Å². The Morgan fingerprint density at radius 1 is 1.00 bits per heavy atom. The van der Waals surface area contributed by atoms with E-state index in [0.29, 0.717) is 17.2 Å². The van der Waals surface area contributed by atoms with Gasteiger partial charge in [0.25, 0.3) is 0 Å². The normalized spacial score (nSPS) is 9.96. The Bertz CT molecular complexity index is 783. The second-order valence-corrected chi connectivity index (χ2v) is 5.28. The average Bonchev–Trinajstić information content (AvgIpc) is 2.64. The van der Waals surface area contributed by atoms with Crippen molar-refractivity contribution in [1.82, 2.24) is 10.6 Å². The Morgan fingerprint density at radius 3 is 2.46 bits per heavy atom. The van der Waals surface area contributed by atoms with Crippen LogP contribution in [0.25, 0.3) is 0 Å². The summed E-state index contributed by atoms with van der Waals surface area (Å²) in [6.45, 7) is 0.00594. The fourth-order valence-corrected chi connectivity index (χ4v) is 2.17. The van der Waals surface area contributed by atoms with Crippen LogP contribution in [0.15, 0.2) is 42.5 Å². The highest BCUT2D eigenvalue weighted by atomic mass is 19.1. The Morgan fingerprint density at radius 2 is 1.77 bits per heavy atom. The summed E-state index contributed by atoms with van der Waals surface area (Å²) in [6, 6.07) is 10.3. The van der Waals surface area contributed by atoms with Gasteiger partial charge < -0.3 is 25.4 Å². The fourth-order valence-electron chi connectivity index (χ4n) is 2.17. The third-order valence-corrected chi connectivity index (χ3v) is 3.42. The first kappa shape index (κ1) is 19.0. The lowest BCUT2D eigenvalue weighted by Gasteiger charge is -2.11. The predicted octanol–water partition coefficient (Wildman–Crippen LogP) is 2.28. The minimum absolute atomic E-state index is 0.242. The van der Waals surface area contributed by atoms with Crippen LogP contribution >= 0.6 is 0 Å². The number of benzene rings is 2. The van der Waals surface area contributed by atoms with E-state index in [4.69, 9.17) is 9.47 Å². The molecular formula is C18H20FN3O4. The van der Waals surface area contributed by atoms with Crippen LogP contribution < -0.4 is 25.4 Å². The van der Waals surface area contributed by atoms with Crippen LogP contribution in [0.1, 0.15) is 5.56 Å². The van der Waals surface area contributed by atoms with Gasteiger partial charge in [0, 0.05) is 12.2 Å². The van der Waals surface area contributed by atoms with Crippen molar-refractivity contribution in [2.24, 2.45) is 0 Å². The number of anilines is 1. The predicted molar refractivity (Wildman–Crippen MR) is 94.8 cm³/mol. The second kappa shape index (κ2) is 9.26. The van der Waals surface area contributed by atoms with E-state index < -0.39 is 17.8 Å². The zero-order valence-corrected chi connectivity index (χ0v) is 14.5. The van der Waals surface area contributed by atoms with E-state index in [1.807, 2.05) is 0 Å². The number of carbonyl (C=O) groups is 2. The van der Waals surface area contributed by atoms with Crippen molar-refractivity contribution in [2.75, 3.05) is 26.1 Å². The summed E-state index contributed by atoms with van der Waals surface area (Å²) in [5, 5.41) is 7.54. The lowest BCUT2D eigenvalue weighted by Crippen LogP contribution is -2.39. The van der Waals surface area contributed by atoms with Gasteiger partial charge in [-0.05, 0) is 35.9 Å². The Hall–Kier alpha value is -3.29. The molecule has 0 radical (unpaired) electrons. The molecule has 26 heavy (non-hydrogen) atoms. The third-order valence-electron chi connectivity index (χ3n) is 3.42. The first-order valence-corrected chi connectivity index (χ1v) is 7.80. The van der Waals surface area contributed by atoms with Gasteiger partial charge in [-0.25, -0.2) is 9.18 Å². The molecule has 0 unspecified atom stereocenters. The lowest BCUT2D eigenvalue weighted by molar-refractivity contribution is -0.115. The zero-order valence-electron chi connectivity index (χ0n) is 14.5. The summed E-state index contributed by atoms with van der Waals surface area (Å²) in [6.07, 6.45) is 0. The van der Waals surface area contributed by atoms with Crippen LogP contribution in [0.4, 0.5) is 14.9 Å². The van der Waals surface area contributed by atoms with Gasteiger partial charge >= 0.3 is 6.03 Å². The van der Waals surface area contributed by atoms with Crippen molar-refractivity contribution in [3.8, 4) is 11.5 Å². The summed E-state index contributed by atoms with van der Waals surface area (Å²) in [4.78, 5) is 23.5. The molecule has 2 aromatic carbocycles. The van der Waals surface area contributed by atoms with Crippen LogP contribution in [-0.4, -0.2) is 32.7 Å². The highest BCUT2D eigenvalue weighted by Gasteiger charge is 2.08. The van der Waals surface area contributed by atoms with Gasteiger partial charge in [-0.2, -0.15) is 0 Å². The molecule has 2 aromatic rings. The van der Waals surface area contributed by atoms with Gasteiger partial charge in [-0.3, -0.25) is 4.79 Å². The topological polar surface area (TPSA) is 88.7 Å². The largest absolute Gasteiger partial charge is 0.493 e. The van der Waals surface area contributed by atoms with Crippen LogP contribution in [0.3, 0.4) is 0 Å². The van der Waals surface area contributed by atoms with Crippen molar-refractivity contribution in [3.05, 3.63) is 53.8 Å². The second-order valence-electron chi connectivity index (χ2n) is 5.28. The maximum Gasteiger partial charge on any atom is 0.315 e. The molecule has 0 bridgehead atoms. The number of urea groups is 1. The lowest BCUT2D eigenvalue weighted by atomic mass is 10.2. The molecule has 0 heterocycles. The van der Waals surface area contributed by atoms with E-state index in [9.17, 15) is 14.0 Å². The number of amides is 3. The Balaban J connectivity index is 1.77. The molecule has 0 fully saturated rings. The SMILES string of the molecule is COc1ccc(CNC(=O)NCC(=O)Nc2cccc(F)c2)cc1OC. The summed E-state index contributed by atoms with van der Waals surface area (Å²) in [7, 11) is 3.07. The summed E-state index contributed by atoms with van der Waals surface area (Å²) >= 11 is 0. The van der Waals surface area contributed by atoms with Gasteiger partial charge in [0.2, 0.25) is 5.91 Å². The van der Waals surface area contributed by atoms with Crippen LogP contribution in [0.2, 0.25) is 0 Å². The molecule has 7 nitrogen and oxygen atoms in total. The van der Waals surface area contributed by atoms with Crippen molar-refractivity contribution in [3.63, 3.8) is 0 Å². The minimum Gasteiger partial charge on any atom is -0.493 e. The molecule has 0 aromatic heterocycles. The quantitative estimate of drug-likeness (QED) is 0.706. The van der Waals surface area contributed by atoms with Crippen LogP contribution in [-0.2, 0) is 11.3 Å². The molecule has 8 heteroatoms. The Labute approximate surface area is 150 Å².